The van der Waals surface area contributed by atoms with Crippen molar-refractivity contribution in [3.63, 3.8) is 0 Å². The van der Waals surface area contributed by atoms with Crippen LogP contribution >= 0.6 is 12.4 Å². The number of carboxylic acids is 1. The maximum absolute atomic E-state index is 11.3. The average molecular weight is 227 g/mol. The van der Waals surface area contributed by atoms with Crippen molar-refractivity contribution < 1.29 is 9.90 Å². The summed E-state index contributed by atoms with van der Waals surface area (Å²) >= 11 is 0. The van der Waals surface area contributed by atoms with Gasteiger partial charge in [0.05, 0.1) is 10.9 Å². The molecule has 2 heterocycles. The molecule has 0 atom stereocenters. The molecule has 2 rings (SSSR count). The molecule has 0 aliphatic rings. The van der Waals surface area contributed by atoms with Gasteiger partial charge >= 0.3 is 5.97 Å². The van der Waals surface area contributed by atoms with Crippen molar-refractivity contribution in [2.75, 3.05) is 0 Å². The number of halogens is 1. The first-order valence-corrected chi connectivity index (χ1v) is 3.90. The van der Waals surface area contributed by atoms with Crippen LogP contribution in [-0.2, 0) is 0 Å². The van der Waals surface area contributed by atoms with Crippen molar-refractivity contribution in [1.82, 2.24) is 9.97 Å². The first kappa shape index (κ1) is 11.2. The van der Waals surface area contributed by atoms with Gasteiger partial charge in [0.2, 0.25) is 0 Å². The highest BCUT2D eigenvalue weighted by atomic mass is 35.5. The third-order valence-electron chi connectivity index (χ3n) is 1.89. The van der Waals surface area contributed by atoms with Gasteiger partial charge in [-0.05, 0) is 12.1 Å². The first-order valence-electron chi connectivity index (χ1n) is 3.90. The number of hydrogen-bond donors (Lipinski definition) is 2. The maximum Gasteiger partial charge on any atom is 0.339 e. The molecule has 6 heteroatoms. The van der Waals surface area contributed by atoms with Gasteiger partial charge in [-0.15, -0.1) is 12.4 Å². The van der Waals surface area contributed by atoms with Crippen LogP contribution in [-0.4, -0.2) is 21.0 Å². The van der Waals surface area contributed by atoms with Crippen LogP contribution in [0.4, 0.5) is 0 Å². The number of fused-ring (bicyclic) bond motifs is 1. The van der Waals surface area contributed by atoms with Gasteiger partial charge < -0.3 is 10.1 Å². The zero-order chi connectivity index (χ0) is 10.1. The predicted molar refractivity (Wildman–Crippen MR) is 56.6 cm³/mol. The van der Waals surface area contributed by atoms with Gasteiger partial charge in [0.1, 0.15) is 5.56 Å². The second-order valence-corrected chi connectivity index (χ2v) is 2.74. The van der Waals surface area contributed by atoms with Crippen LogP contribution in [0.5, 0.6) is 0 Å². The molecule has 0 aliphatic carbocycles. The van der Waals surface area contributed by atoms with Crippen LogP contribution in [0.3, 0.4) is 0 Å². The zero-order valence-corrected chi connectivity index (χ0v) is 8.25. The normalized spacial score (nSPS) is 9.60. The third kappa shape index (κ3) is 1.82. The molecule has 2 aromatic rings. The molecule has 0 amide bonds. The molecule has 0 unspecified atom stereocenters. The summed E-state index contributed by atoms with van der Waals surface area (Å²) in [5.41, 5.74) is -0.123. The van der Waals surface area contributed by atoms with Crippen molar-refractivity contribution in [3.05, 3.63) is 40.4 Å². The molecule has 2 N–H and O–H groups in total. The molecule has 0 radical (unpaired) electrons. The minimum Gasteiger partial charge on any atom is -0.478 e. The SMILES string of the molecule is Cl.O=C(O)c1c[nH]c(=O)c2cccnc12. The lowest BCUT2D eigenvalue weighted by molar-refractivity contribution is 0.0698. The van der Waals surface area contributed by atoms with Crippen LogP contribution < -0.4 is 5.56 Å². The molecular formula is C9H7ClN2O3. The van der Waals surface area contributed by atoms with Gasteiger partial charge in [0, 0.05) is 12.4 Å². The Hall–Kier alpha value is -1.88. The highest BCUT2D eigenvalue weighted by molar-refractivity contribution is 6.00. The van der Waals surface area contributed by atoms with E-state index in [0.29, 0.717) is 0 Å². The summed E-state index contributed by atoms with van der Waals surface area (Å²) in [6, 6.07) is 3.12. The van der Waals surface area contributed by atoms with Crippen molar-refractivity contribution in [1.29, 1.82) is 0 Å². The molecule has 2 aromatic heterocycles. The van der Waals surface area contributed by atoms with Gasteiger partial charge in [-0.25, -0.2) is 4.79 Å². The third-order valence-corrected chi connectivity index (χ3v) is 1.89. The van der Waals surface area contributed by atoms with Gasteiger partial charge in [-0.3, -0.25) is 9.78 Å². The van der Waals surface area contributed by atoms with Gasteiger partial charge in [0.25, 0.3) is 5.56 Å². The fraction of sp³-hybridized carbons (Fsp3) is 0. The molecule has 78 valence electrons. The Bertz CT molecular complexity index is 565. The number of carboxylic acid groups (broad SMARTS) is 1. The van der Waals surface area contributed by atoms with Gasteiger partial charge in [-0.2, -0.15) is 0 Å². The van der Waals surface area contributed by atoms with Crippen molar-refractivity contribution in [3.8, 4) is 0 Å². The number of carbonyl (C=O) groups is 1. The van der Waals surface area contributed by atoms with Crippen LogP contribution in [0, 0.1) is 0 Å². The van der Waals surface area contributed by atoms with Crippen LogP contribution in [0.2, 0.25) is 0 Å². The largest absolute Gasteiger partial charge is 0.478 e. The second kappa shape index (κ2) is 4.10. The van der Waals surface area contributed by atoms with E-state index in [2.05, 4.69) is 9.97 Å². The Morgan fingerprint density at radius 2 is 2.20 bits per heavy atom. The minimum absolute atomic E-state index is 0. The van der Waals surface area contributed by atoms with Gasteiger partial charge in [0.15, 0.2) is 0 Å². The van der Waals surface area contributed by atoms with E-state index in [1.165, 1.54) is 12.3 Å². The lowest BCUT2D eigenvalue weighted by atomic mass is 10.2. The number of aromatic amines is 1. The summed E-state index contributed by atoms with van der Waals surface area (Å²) in [5, 5.41) is 9.10. The fourth-order valence-corrected chi connectivity index (χ4v) is 1.25. The van der Waals surface area contributed by atoms with E-state index < -0.39 is 5.97 Å². The standard InChI is InChI=1S/C9H6N2O3.ClH/c12-8-5-2-1-3-10-7(5)6(4-11-8)9(13)14;/h1-4H,(H,11,12)(H,13,14);1H. The highest BCUT2D eigenvalue weighted by Crippen LogP contribution is 2.10. The summed E-state index contributed by atoms with van der Waals surface area (Å²) in [6.07, 6.45) is 2.61. The number of nitrogens with one attached hydrogen (secondary N) is 1. The summed E-state index contributed by atoms with van der Waals surface area (Å²) < 4.78 is 0. The van der Waals surface area contributed by atoms with E-state index in [9.17, 15) is 9.59 Å². The number of rotatable bonds is 1. The predicted octanol–water partition coefficient (Wildman–Crippen LogP) is 1.04. The number of H-pyrrole nitrogens is 1. The zero-order valence-electron chi connectivity index (χ0n) is 7.43. The van der Waals surface area contributed by atoms with Crippen LogP contribution in [0.25, 0.3) is 10.9 Å². The Morgan fingerprint density at radius 3 is 2.87 bits per heavy atom. The summed E-state index contributed by atoms with van der Waals surface area (Å²) in [4.78, 5) is 28.2. The lowest BCUT2D eigenvalue weighted by Gasteiger charge is -1.98. The molecule has 0 saturated carbocycles. The monoisotopic (exact) mass is 226 g/mol. The van der Waals surface area contributed by atoms with E-state index in [1.54, 1.807) is 6.07 Å². The van der Waals surface area contributed by atoms with E-state index in [-0.39, 0.29) is 34.4 Å². The number of nitrogens with zero attached hydrogens (tertiary/aromatic N) is 1. The maximum atomic E-state index is 11.3. The number of aromatic carboxylic acids is 1. The Kier molecular flexibility index (Phi) is 3.06. The fourth-order valence-electron chi connectivity index (χ4n) is 1.25. The smallest absolute Gasteiger partial charge is 0.339 e. The van der Waals surface area contributed by atoms with Crippen LogP contribution in [0.15, 0.2) is 29.3 Å². The Balaban J connectivity index is 0.00000112. The van der Waals surface area contributed by atoms with Crippen molar-refractivity contribution in [2.24, 2.45) is 0 Å². The second-order valence-electron chi connectivity index (χ2n) is 2.74. The van der Waals surface area contributed by atoms with Crippen molar-refractivity contribution >= 4 is 29.3 Å². The molecule has 5 nitrogen and oxygen atoms in total. The average Bonchev–Trinajstić information content (AvgIpc) is 2.18. The summed E-state index contributed by atoms with van der Waals surface area (Å²) in [5.74, 6) is -1.11. The van der Waals surface area contributed by atoms with E-state index in [4.69, 9.17) is 5.11 Å². The lowest BCUT2D eigenvalue weighted by Crippen LogP contribution is -2.10. The van der Waals surface area contributed by atoms with Gasteiger partial charge in [-0.1, -0.05) is 0 Å². The molecule has 0 fully saturated rings. The molecular weight excluding hydrogens is 220 g/mol. The molecule has 0 bridgehead atoms. The van der Waals surface area contributed by atoms with Crippen LogP contribution in [0.1, 0.15) is 10.4 Å². The molecule has 15 heavy (non-hydrogen) atoms. The summed E-state index contributed by atoms with van der Waals surface area (Å²) in [7, 11) is 0. The van der Waals surface area contributed by atoms with Crippen molar-refractivity contribution in [2.45, 2.75) is 0 Å². The quantitative estimate of drug-likeness (QED) is 0.761. The first-order chi connectivity index (χ1) is 6.70. The molecule has 0 spiro atoms. The number of pyridine rings is 2. The molecule has 0 aromatic carbocycles. The Morgan fingerprint density at radius 1 is 1.47 bits per heavy atom. The van der Waals surface area contributed by atoms with E-state index in [0.717, 1.165) is 6.20 Å². The molecule has 0 saturated heterocycles. The summed E-state index contributed by atoms with van der Waals surface area (Å²) in [6.45, 7) is 0. The molecule has 0 aliphatic heterocycles. The Labute approximate surface area is 90.2 Å². The number of hydrogen-bond acceptors (Lipinski definition) is 3. The minimum atomic E-state index is -1.11. The van der Waals surface area contributed by atoms with E-state index in [1.807, 2.05) is 0 Å². The number of aromatic nitrogens is 2. The highest BCUT2D eigenvalue weighted by Gasteiger charge is 2.10. The topological polar surface area (TPSA) is 83.0 Å². The van der Waals surface area contributed by atoms with E-state index >= 15 is 0 Å².